The molecule has 0 fully saturated rings. The number of amides is 2. The molecule has 0 aromatic heterocycles. The van der Waals surface area contributed by atoms with Crippen molar-refractivity contribution in [1.82, 2.24) is 10.6 Å². The predicted octanol–water partition coefficient (Wildman–Crippen LogP) is 2.43. The smallest absolute Gasteiger partial charge is 0.405 e. The van der Waals surface area contributed by atoms with Crippen molar-refractivity contribution in [3.8, 4) is 0 Å². The highest BCUT2D eigenvalue weighted by molar-refractivity contribution is 6.30. The molecule has 1 aromatic carbocycles. The molecule has 2 amide bonds. The van der Waals surface area contributed by atoms with Gasteiger partial charge in [-0.2, -0.15) is 0 Å². The van der Waals surface area contributed by atoms with Crippen LogP contribution in [-0.4, -0.2) is 28.7 Å². The summed E-state index contributed by atoms with van der Waals surface area (Å²) in [4.78, 5) is 22.4. The Morgan fingerprint density at radius 2 is 1.85 bits per heavy atom. The summed E-state index contributed by atoms with van der Waals surface area (Å²) >= 11 is 5.82. The first-order valence-corrected chi connectivity index (χ1v) is 6.63. The monoisotopic (exact) mass is 298 g/mol. The van der Waals surface area contributed by atoms with Gasteiger partial charge >= 0.3 is 6.09 Å². The van der Waals surface area contributed by atoms with Gasteiger partial charge in [0.05, 0.1) is 0 Å². The van der Waals surface area contributed by atoms with Crippen molar-refractivity contribution in [2.24, 2.45) is 0 Å². The van der Waals surface area contributed by atoms with Gasteiger partial charge in [-0.05, 0) is 44.9 Å². The van der Waals surface area contributed by atoms with E-state index in [-0.39, 0.29) is 5.91 Å². The molecule has 5 nitrogen and oxygen atoms in total. The molecule has 0 saturated carbocycles. The second-order valence-corrected chi connectivity index (χ2v) is 5.78. The van der Waals surface area contributed by atoms with Gasteiger partial charge in [-0.3, -0.25) is 4.79 Å². The molecule has 1 aromatic rings. The van der Waals surface area contributed by atoms with Crippen LogP contribution in [0.2, 0.25) is 5.02 Å². The Kier molecular flexibility index (Phi) is 5.39. The minimum Gasteiger partial charge on any atom is -0.465 e. The molecule has 0 unspecified atom stereocenters. The summed E-state index contributed by atoms with van der Waals surface area (Å²) < 4.78 is 0. The Hall–Kier alpha value is -1.75. The zero-order valence-electron chi connectivity index (χ0n) is 11.7. The van der Waals surface area contributed by atoms with Crippen LogP contribution in [-0.2, 0) is 11.2 Å². The van der Waals surface area contributed by atoms with Gasteiger partial charge in [-0.1, -0.05) is 23.7 Å². The van der Waals surface area contributed by atoms with E-state index < -0.39 is 17.7 Å². The summed E-state index contributed by atoms with van der Waals surface area (Å²) in [6, 6.07) is 6.59. The fourth-order valence-electron chi connectivity index (χ4n) is 1.85. The number of benzene rings is 1. The molecule has 1 atom stereocenters. The highest BCUT2D eigenvalue weighted by Crippen LogP contribution is 2.16. The molecular formula is C14H19ClN2O3. The SMILES string of the molecule is C[C@H](NC(=O)O)C(=O)NC(C)(C)Cc1ccc(Cl)cc1. The first-order valence-electron chi connectivity index (χ1n) is 6.25. The molecule has 0 aliphatic rings. The van der Waals surface area contributed by atoms with E-state index >= 15 is 0 Å². The number of hydrogen-bond acceptors (Lipinski definition) is 2. The summed E-state index contributed by atoms with van der Waals surface area (Å²) in [7, 11) is 0. The lowest BCUT2D eigenvalue weighted by Gasteiger charge is -2.28. The highest BCUT2D eigenvalue weighted by Gasteiger charge is 2.24. The van der Waals surface area contributed by atoms with Crippen molar-refractivity contribution in [3.05, 3.63) is 34.9 Å². The third-order valence-corrected chi connectivity index (χ3v) is 3.01. The maximum atomic E-state index is 11.9. The van der Waals surface area contributed by atoms with Crippen LogP contribution in [0.15, 0.2) is 24.3 Å². The fraction of sp³-hybridized carbons (Fsp3) is 0.429. The largest absolute Gasteiger partial charge is 0.465 e. The third kappa shape index (κ3) is 5.48. The Bertz CT molecular complexity index is 486. The van der Waals surface area contributed by atoms with Gasteiger partial charge < -0.3 is 15.7 Å². The van der Waals surface area contributed by atoms with Crippen LogP contribution in [0, 0.1) is 0 Å². The molecule has 0 radical (unpaired) electrons. The topological polar surface area (TPSA) is 78.4 Å². The van der Waals surface area contributed by atoms with Crippen molar-refractivity contribution < 1.29 is 14.7 Å². The van der Waals surface area contributed by atoms with Gasteiger partial charge in [0, 0.05) is 10.6 Å². The maximum absolute atomic E-state index is 11.9. The van der Waals surface area contributed by atoms with Crippen molar-refractivity contribution in [1.29, 1.82) is 0 Å². The van der Waals surface area contributed by atoms with E-state index in [9.17, 15) is 9.59 Å². The Labute approximate surface area is 123 Å². The second kappa shape index (κ2) is 6.61. The van der Waals surface area contributed by atoms with Crippen LogP contribution in [0.5, 0.6) is 0 Å². The average molecular weight is 299 g/mol. The standard InChI is InChI=1S/C14H19ClN2O3/c1-9(16-13(19)20)12(18)17-14(2,3)8-10-4-6-11(15)7-5-10/h4-7,9,16H,8H2,1-3H3,(H,17,18)(H,19,20)/t9-/m0/s1. The summed E-state index contributed by atoms with van der Waals surface area (Å²) in [6.07, 6.45) is -0.599. The van der Waals surface area contributed by atoms with Crippen LogP contribution in [0.3, 0.4) is 0 Å². The molecule has 0 bridgehead atoms. The molecule has 6 heteroatoms. The quantitative estimate of drug-likeness (QED) is 0.781. The van der Waals surface area contributed by atoms with E-state index in [1.54, 1.807) is 12.1 Å². The van der Waals surface area contributed by atoms with Crippen molar-refractivity contribution >= 4 is 23.6 Å². The predicted molar refractivity (Wildman–Crippen MR) is 78.0 cm³/mol. The molecule has 0 heterocycles. The lowest BCUT2D eigenvalue weighted by molar-refractivity contribution is -0.124. The van der Waals surface area contributed by atoms with Gasteiger partial charge in [0.1, 0.15) is 6.04 Å². The van der Waals surface area contributed by atoms with Crippen LogP contribution in [0.1, 0.15) is 26.3 Å². The Morgan fingerprint density at radius 3 is 2.35 bits per heavy atom. The molecule has 1 rings (SSSR count). The van der Waals surface area contributed by atoms with Gasteiger partial charge in [-0.15, -0.1) is 0 Å². The van der Waals surface area contributed by atoms with Crippen molar-refractivity contribution in [2.45, 2.75) is 38.8 Å². The molecule has 0 aliphatic carbocycles. The van der Waals surface area contributed by atoms with E-state index in [0.29, 0.717) is 11.4 Å². The van der Waals surface area contributed by atoms with Crippen LogP contribution in [0.25, 0.3) is 0 Å². The van der Waals surface area contributed by atoms with Gasteiger partial charge in [0.25, 0.3) is 0 Å². The van der Waals surface area contributed by atoms with Gasteiger partial charge in [-0.25, -0.2) is 4.79 Å². The summed E-state index contributed by atoms with van der Waals surface area (Å²) in [5, 5.41) is 14.2. The zero-order chi connectivity index (χ0) is 15.3. The number of nitrogens with one attached hydrogen (secondary N) is 2. The van der Waals surface area contributed by atoms with Gasteiger partial charge in [0.15, 0.2) is 0 Å². The van der Waals surface area contributed by atoms with Crippen LogP contribution in [0.4, 0.5) is 4.79 Å². The van der Waals surface area contributed by atoms with E-state index in [1.807, 2.05) is 26.0 Å². The zero-order valence-corrected chi connectivity index (χ0v) is 12.5. The lowest BCUT2D eigenvalue weighted by atomic mass is 9.94. The van der Waals surface area contributed by atoms with Crippen LogP contribution < -0.4 is 10.6 Å². The van der Waals surface area contributed by atoms with Crippen LogP contribution >= 0.6 is 11.6 Å². The molecule has 20 heavy (non-hydrogen) atoms. The Balaban J connectivity index is 2.62. The summed E-state index contributed by atoms with van der Waals surface area (Å²) in [5.41, 5.74) is 0.554. The van der Waals surface area contributed by atoms with Crippen molar-refractivity contribution in [2.75, 3.05) is 0 Å². The first-order chi connectivity index (χ1) is 9.19. The van der Waals surface area contributed by atoms with E-state index in [1.165, 1.54) is 6.92 Å². The number of rotatable bonds is 5. The van der Waals surface area contributed by atoms with E-state index in [4.69, 9.17) is 16.7 Å². The lowest BCUT2D eigenvalue weighted by Crippen LogP contribution is -2.52. The molecular weight excluding hydrogens is 280 g/mol. The molecule has 0 aliphatic heterocycles. The number of carbonyl (C=O) groups excluding carboxylic acids is 1. The normalized spacial score (nSPS) is 12.6. The molecule has 0 saturated heterocycles. The summed E-state index contributed by atoms with van der Waals surface area (Å²) in [5.74, 6) is -0.355. The first kappa shape index (κ1) is 16.3. The molecule has 3 N–H and O–H groups in total. The second-order valence-electron chi connectivity index (χ2n) is 5.35. The maximum Gasteiger partial charge on any atom is 0.405 e. The average Bonchev–Trinajstić information content (AvgIpc) is 2.30. The van der Waals surface area contributed by atoms with Gasteiger partial charge in [0.2, 0.25) is 5.91 Å². The number of carboxylic acid groups (broad SMARTS) is 1. The highest BCUT2D eigenvalue weighted by atomic mass is 35.5. The van der Waals surface area contributed by atoms with E-state index in [2.05, 4.69) is 10.6 Å². The number of hydrogen-bond donors (Lipinski definition) is 3. The van der Waals surface area contributed by atoms with E-state index in [0.717, 1.165) is 5.56 Å². The van der Waals surface area contributed by atoms with Crippen molar-refractivity contribution in [3.63, 3.8) is 0 Å². The fourth-order valence-corrected chi connectivity index (χ4v) is 1.98. The summed E-state index contributed by atoms with van der Waals surface area (Å²) in [6.45, 7) is 5.27. The number of halogens is 1. The third-order valence-electron chi connectivity index (χ3n) is 2.75. The number of carbonyl (C=O) groups is 2. The molecule has 110 valence electrons. The minimum absolute atomic E-state index is 0.355. The minimum atomic E-state index is -1.22. The Morgan fingerprint density at radius 1 is 1.30 bits per heavy atom. The molecule has 0 spiro atoms.